The molecule has 0 saturated heterocycles. The van der Waals surface area contributed by atoms with Crippen molar-refractivity contribution in [3.63, 3.8) is 0 Å². The van der Waals surface area contributed by atoms with Gasteiger partial charge in [-0.2, -0.15) is 0 Å². The van der Waals surface area contributed by atoms with Crippen molar-refractivity contribution in [2.24, 2.45) is 5.73 Å². The maximum absolute atomic E-state index is 11.3. The summed E-state index contributed by atoms with van der Waals surface area (Å²) in [7, 11) is 3.71. The molecule has 0 radical (unpaired) electrons. The first kappa shape index (κ1) is 14.2. The van der Waals surface area contributed by atoms with E-state index in [0.717, 1.165) is 5.70 Å². The number of nitrogens with zero attached hydrogens (tertiary/aromatic N) is 1. The Morgan fingerprint density at radius 2 is 1.88 bits per heavy atom. The summed E-state index contributed by atoms with van der Waals surface area (Å²) in [5.74, 6) is -1.49. The molecule has 5 heteroatoms. The quantitative estimate of drug-likeness (QED) is 0.242. The highest BCUT2D eigenvalue weighted by atomic mass is 16.5. The van der Waals surface area contributed by atoms with Gasteiger partial charge in [0.25, 0.3) is 5.91 Å². The van der Waals surface area contributed by atoms with E-state index in [1.54, 1.807) is 13.0 Å². The van der Waals surface area contributed by atoms with Crippen molar-refractivity contribution in [3.8, 4) is 0 Å². The van der Waals surface area contributed by atoms with E-state index >= 15 is 0 Å². The second-order valence-corrected chi connectivity index (χ2v) is 3.37. The number of primary amides is 1. The van der Waals surface area contributed by atoms with Crippen LogP contribution in [0.2, 0.25) is 0 Å². The van der Waals surface area contributed by atoms with Gasteiger partial charge < -0.3 is 15.4 Å². The number of rotatable bonds is 5. The molecule has 0 fully saturated rings. The summed E-state index contributed by atoms with van der Waals surface area (Å²) in [5.41, 5.74) is 5.82. The Bertz CT molecular complexity index is 330. The van der Waals surface area contributed by atoms with Gasteiger partial charge in [0.2, 0.25) is 0 Å². The number of carbonyl (C=O) groups excluding carboxylic acids is 2. The van der Waals surface area contributed by atoms with Gasteiger partial charge in [0.1, 0.15) is 5.57 Å². The highest BCUT2D eigenvalue weighted by molar-refractivity contribution is 6.15. The van der Waals surface area contributed by atoms with Crippen LogP contribution in [0.5, 0.6) is 0 Å². The zero-order chi connectivity index (χ0) is 12.7. The van der Waals surface area contributed by atoms with Crippen molar-refractivity contribution in [1.82, 2.24) is 4.90 Å². The van der Waals surface area contributed by atoms with Crippen molar-refractivity contribution < 1.29 is 14.3 Å². The lowest BCUT2D eigenvalue weighted by Crippen LogP contribution is -2.22. The molecule has 90 valence electrons. The third-order valence-corrected chi connectivity index (χ3v) is 1.96. The number of nitrogens with two attached hydrogens (primary N) is 1. The zero-order valence-corrected chi connectivity index (χ0v) is 10.1. The van der Waals surface area contributed by atoms with Crippen LogP contribution in [0.15, 0.2) is 23.4 Å². The van der Waals surface area contributed by atoms with Gasteiger partial charge in [-0.05, 0) is 26.0 Å². The lowest BCUT2D eigenvalue weighted by atomic mass is 10.2. The van der Waals surface area contributed by atoms with E-state index in [4.69, 9.17) is 10.5 Å². The number of allylic oxidation sites excluding steroid dienone is 3. The van der Waals surface area contributed by atoms with Gasteiger partial charge in [-0.25, -0.2) is 4.79 Å². The molecule has 0 rings (SSSR count). The van der Waals surface area contributed by atoms with Crippen molar-refractivity contribution >= 4 is 11.9 Å². The number of amides is 1. The van der Waals surface area contributed by atoms with Crippen LogP contribution in [-0.4, -0.2) is 37.5 Å². The largest absolute Gasteiger partial charge is 0.462 e. The fourth-order valence-corrected chi connectivity index (χ4v) is 0.813. The third kappa shape index (κ3) is 4.63. The molecule has 0 aliphatic carbocycles. The lowest BCUT2D eigenvalue weighted by Gasteiger charge is -2.11. The average molecular weight is 226 g/mol. The highest BCUT2D eigenvalue weighted by Crippen LogP contribution is 2.02. The molecule has 0 bridgehead atoms. The molecule has 1 amide bonds. The SMILES string of the molecule is CCOC(=O)/C(=C\C=C(/C)N(C)C)C(N)=O. The lowest BCUT2D eigenvalue weighted by molar-refractivity contribution is -0.139. The molecule has 2 N–H and O–H groups in total. The minimum atomic E-state index is -0.791. The smallest absolute Gasteiger partial charge is 0.343 e. The predicted octanol–water partition coefficient (Wildman–Crippen LogP) is 0.427. The molecular formula is C11H18N2O3. The molecule has 5 nitrogen and oxygen atoms in total. The Kier molecular flexibility index (Phi) is 5.92. The highest BCUT2D eigenvalue weighted by Gasteiger charge is 2.15. The van der Waals surface area contributed by atoms with Crippen LogP contribution >= 0.6 is 0 Å². The summed E-state index contributed by atoms with van der Waals surface area (Å²) in [6.45, 7) is 3.72. The monoisotopic (exact) mass is 226 g/mol. The second kappa shape index (κ2) is 6.66. The fourth-order valence-electron chi connectivity index (χ4n) is 0.813. The van der Waals surface area contributed by atoms with E-state index in [2.05, 4.69) is 0 Å². The van der Waals surface area contributed by atoms with Gasteiger partial charge in [0, 0.05) is 19.8 Å². The topological polar surface area (TPSA) is 72.6 Å². The van der Waals surface area contributed by atoms with E-state index in [1.807, 2.05) is 25.9 Å². The Morgan fingerprint density at radius 1 is 1.31 bits per heavy atom. The Balaban J connectivity index is 4.93. The molecule has 0 spiro atoms. The summed E-state index contributed by atoms with van der Waals surface area (Å²) in [4.78, 5) is 24.2. The Hall–Kier alpha value is -1.78. The van der Waals surface area contributed by atoms with Gasteiger partial charge in [-0.15, -0.1) is 0 Å². The van der Waals surface area contributed by atoms with Crippen LogP contribution in [0.4, 0.5) is 0 Å². The maximum Gasteiger partial charge on any atom is 0.343 e. The number of hydrogen-bond acceptors (Lipinski definition) is 4. The van der Waals surface area contributed by atoms with Crippen LogP contribution < -0.4 is 5.73 Å². The van der Waals surface area contributed by atoms with Crippen molar-refractivity contribution in [3.05, 3.63) is 23.4 Å². The number of esters is 1. The first-order valence-corrected chi connectivity index (χ1v) is 4.93. The summed E-state index contributed by atoms with van der Waals surface area (Å²) < 4.78 is 4.71. The van der Waals surface area contributed by atoms with E-state index in [9.17, 15) is 9.59 Å². The van der Waals surface area contributed by atoms with Crippen LogP contribution in [0, 0.1) is 0 Å². The van der Waals surface area contributed by atoms with E-state index < -0.39 is 11.9 Å². The van der Waals surface area contributed by atoms with Gasteiger partial charge in [-0.1, -0.05) is 0 Å². The van der Waals surface area contributed by atoms with E-state index in [-0.39, 0.29) is 12.2 Å². The van der Waals surface area contributed by atoms with E-state index in [0.29, 0.717) is 0 Å². The minimum absolute atomic E-state index is 0.150. The van der Waals surface area contributed by atoms with Crippen molar-refractivity contribution in [1.29, 1.82) is 0 Å². The minimum Gasteiger partial charge on any atom is -0.462 e. The predicted molar refractivity (Wildman–Crippen MR) is 61.4 cm³/mol. The van der Waals surface area contributed by atoms with Gasteiger partial charge in [0.15, 0.2) is 0 Å². The van der Waals surface area contributed by atoms with Gasteiger partial charge >= 0.3 is 5.97 Å². The van der Waals surface area contributed by atoms with Crippen molar-refractivity contribution in [2.45, 2.75) is 13.8 Å². The number of carbonyl (C=O) groups is 2. The van der Waals surface area contributed by atoms with Crippen LogP contribution in [0.3, 0.4) is 0 Å². The maximum atomic E-state index is 11.3. The third-order valence-electron chi connectivity index (χ3n) is 1.96. The van der Waals surface area contributed by atoms with Crippen LogP contribution in [0.1, 0.15) is 13.8 Å². The molecule has 16 heavy (non-hydrogen) atoms. The average Bonchev–Trinajstić information content (AvgIpc) is 2.17. The molecule has 0 atom stereocenters. The van der Waals surface area contributed by atoms with Crippen LogP contribution in [0.25, 0.3) is 0 Å². The van der Waals surface area contributed by atoms with Gasteiger partial charge in [0.05, 0.1) is 6.61 Å². The van der Waals surface area contributed by atoms with E-state index in [1.165, 1.54) is 6.08 Å². The van der Waals surface area contributed by atoms with Crippen molar-refractivity contribution in [2.75, 3.05) is 20.7 Å². The summed E-state index contributed by atoms with van der Waals surface area (Å²) in [6, 6.07) is 0. The summed E-state index contributed by atoms with van der Waals surface area (Å²) in [5, 5.41) is 0. The molecule has 0 aromatic rings. The number of hydrogen-bond donors (Lipinski definition) is 1. The zero-order valence-electron chi connectivity index (χ0n) is 10.1. The molecular weight excluding hydrogens is 208 g/mol. The molecule has 0 aromatic carbocycles. The van der Waals surface area contributed by atoms with Crippen LogP contribution in [-0.2, 0) is 14.3 Å². The standard InChI is InChI=1S/C11H18N2O3/c1-5-16-11(15)9(10(12)14)7-6-8(2)13(3)4/h6-7H,5H2,1-4H3,(H2,12,14)/b8-6+,9-7-. The Labute approximate surface area is 95.5 Å². The first-order chi connectivity index (χ1) is 7.40. The first-order valence-electron chi connectivity index (χ1n) is 4.93. The summed E-state index contributed by atoms with van der Waals surface area (Å²) >= 11 is 0. The van der Waals surface area contributed by atoms with Gasteiger partial charge in [-0.3, -0.25) is 4.79 Å². The molecule has 0 saturated carbocycles. The molecule has 0 aliphatic heterocycles. The normalized spacial score (nSPS) is 12.2. The number of ether oxygens (including phenoxy) is 1. The molecule has 0 aliphatic rings. The second-order valence-electron chi connectivity index (χ2n) is 3.37. The Morgan fingerprint density at radius 3 is 2.25 bits per heavy atom. The molecule has 0 aromatic heterocycles. The fraction of sp³-hybridized carbons (Fsp3) is 0.455. The molecule has 0 heterocycles. The molecule has 0 unspecified atom stereocenters. The summed E-state index contributed by atoms with van der Waals surface area (Å²) in [6.07, 6.45) is 3.01.